The van der Waals surface area contributed by atoms with Crippen LogP contribution in [-0.2, 0) is 57.1 Å². The number of esters is 4. The molecule has 202 valence electrons. The Labute approximate surface area is 217 Å². The maximum absolute atomic E-state index is 12.6. The highest BCUT2D eigenvalue weighted by molar-refractivity contribution is 9.10. The minimum Gasteiger partial charge on any atom is -0.463 e. The zero-order chi connectivity index (χ0) is 27.6. The second kappa shape index (κ2) is 14.3. The van der Waals surface area contributed by atoms with Crippen LogP contribution >= 0.6 is 15.9 Å². The monoisotopic (exact) mass is 578 g/mol. The number of hydrogen-bond donors (Lipinski definition) is 0. The van der Waals surface area contributed by atoms with Crippen LogP contribution in [0, 0.1) is 12.3 Å². The third kappa shape index (κ3) is 9.16. The summed E-state index contributed by atoms with van der Waals surface area (Å²) < 4.78 is 37.0. The smallest absolute Gasteiger partial charge is 0.303 e. The number of ketones is 1. The van der Waals surface area contributed by atoms with Crippen LogP contribution in [0.1, 0.15) is 48.0 Å². The van der Waals surface area contributed by atoms with Gasteiger partial charge in [0.2, 0.25) is 6.29 Å². The largest absolute Gasteiger partial charge is 0.463 e. The first-order chi connectivity index (χ1) is 16.7. The van der Waals surface area contributed by atoms with Crippen molar-refractivity contribution in [2.24, 2.45) is 0 Å². The summed E-state index contributed by atoms with van der Waals surface area (Å²) in [6.07, 6.45) is -3.01. The number of ether oxygens (including phenoxy) is 7. The van der Waals surface area contributed by atoms with Gasteiger partial charge in [0, 0.05) is 34.1 Å². The van der Waals surface area contributed by atoms with E-state index >= 15 is 0 Å². The van der Waals surface area contributed by atoms with Gasteiger partial charge in [0.15, 0.2) is 30.4 Å². The molecule has 0 saturated carbocycles. The van der Waals surface area contributed by atoms with Crippen molar-refractivity contribution >= 4 is 45.6 Å². The van der Waals surface area contributed by atoms with Gasteiger partial charge < -0.3 is 33.2 Å². The average molecular weight is 579 g/mol. The van der Waals surface area contributed by atoms with Gasteiger partial charge in [-0.25, -0.2) is 0 Å². The topological polar surface area (TPSA) is 150 Å². The van der Waals surface area contributed by atoms with E-state index in [1.54, 1.807) is 6.92 Å². The van der Waals surface area contributed by atoms with Gasteiger partial charge in [0.25, 0.3) is 0 Å². The third-order valence-corrected chi connectivity index (χ3v) is 5.65. The van der Waals surface area contributed by atoms with Gasteiger partial charge in [-0.2, -0.15) is 0 Å². The number of terminal acetylenes is 1. The summed E-state index contributed by atoms with van der Waals surface area (Å²) in [6, 6.07) is 0. The lowest BCUT2D eigenvalue weighted by atomic mass is 9.97. The Balaban J connectivity index is 3.55. The van der Waals surface area contributed by atoms with Gasteiger partial charge in [0.05, 0.1) is 0 Å². The zero-order valence-electron chi connectivity index (χ0n) is 20.9. The lowest BCUT2D eigenvalue weighted by Gasteiger charge is -2.45. The maximum Gasteiger partial charge on any atom is 0.303 e. The van der Waals surface area contributed by atoms with Crippen molar-refractivity contribution in [3.63, 3.8) is 0 Å². The van der Waals surface area contributed by atoms with E-state index < -0.39 is 71.8 Å². The van der Waals surface area contributed by atoms with E-state index in [-0.39, 0.29) is 18.8 Å². The molecule has 0 bridgehead atoms. The molecule has 7 atom stereocenters. The van der Waals surface area contributed by atoms with Crippen LogP contribution in [0.4, 0.5) is 0 Å². The zero-order valence-corrected chi connectivity index (χ0v) is 22.5. The summed E-state index contributed by atoms with van der Waals surface area (Å²) in [4.78, 5) is 59.8. The number of carbonyl (C=O) groups excluding carboxylic acids is 5. The molecule has 0 unspecified atom stereocenters. The minimum atomic E-state index is -1.55. The van der Waals surface area contributed by atoms with Crippen LogP contribution in [0.15, 0.2) is 0 Å². The molecular formula is C23H31BrO12. The summed E-state index contributed by atoms with van der Waals surface area (Å²) in [5.74, 6) is -1.08. The Bertz CT molecular complexity index is 864. The molecule has 1 aliphatic heterocycles. The molecule has 0 aromatic rings. The number of Topliss-reactive ketones (excluding diaryl/α,β-unsaturated/α-hetero) is 1. The van der Waals surface area contributed by atoms with Gasteiger partial charge in [-0.3, -0.25) is 24.0 Å². The van der Waals surface area contributed by atoms with E-state index in [1.807, 2.05) is 0 Å². The van der Waals surface area contributed by atoms with Crippen LogP contribution in [0.25, 0.3) is 0 Å². The molecule has 0 spiro atoms. The molecule has 1 heterocycles. The second-order valence-corrected chi connectivity index (χ2v) is 9.55. The van der Waals surface area contributed by atoms with Crippen LogP contribution in [0.2, 0.25) is 0 Å². The molecule has 0 radical (unpaired) electrons. The van der Waals surface area contributed by atoms with Crippen LogP contribution in [0.5, 0.6) is 0 Å². The molecule has 0 aromatic heterocycles. The summed E-state index contributed by atoms with van der Waals surface area (Å²) in [6.45, 7) is 6.87. The average Bonchev–Trinajstić information content (AvgIpc) is 2.77. The first kappa shape index (κ1) is 31.5. The van der Waals surface area contributed by atoms with E-state index in [0.717, 1.165) is 27.7 Å². The highest BCUT2D eigenvalue weighted by atomic mass is 79.9. The maximum atomic E-state index is 12.6. The molecule has 1 saturated heterocycles. The number of halogens is 1. The van der Waals surface area contributed by atoms with Crippen molar-refractivity contribution in [2.45, 2.75) is 89.3 Å². The predicted octanol–water partition coefficient (Wildman–Crippen LogP) is 1.19. The van der Waals surface area contributed by atoms with Crippen molar-refractivity contribution in [3.8, 4) is 12.3 Å². The molecule has 1 rings (SSSR count). The molecule has 0 aliphatic carbocycles. The highest BCUT2D eigenvalue weighted by Gasteiger charge is 2.54. The van der Waals surface area contributed by atoms with Crippen LogP contribution < -0.4 is 0 Å². The fraction of sp³-hybridized carbons (Fsp3) is 0.696. The van der Waals surface area contributed by atoms with Gasteiger partial charge >= 0.3 is 23.9 Å². The lowest BCUT2D eigenvalue weighted by molar-refractivity contribution is -0.340. The standard InChI is InChI=1S/C23H31BrO12/c1-8-10-30-22(23(7,24)17(29)9-2)36-21-20(34-15(6)28)19(33-14(5)27)18(32-13(4)26)16(35-21)11-31-12(3)25/h1,16,18-22H,9-11H2,2-7H3/t16-,18-,19+,20-,21+,22-,23+/m1/s1. The summed E-state index contributed by atoms with van der Waals surface area (Å²) in [5.41, 5.74) is 0. The predicted molar refractivity (Wildman–Crippen MR) is 124 cm³/mol. The minimum absolute atomic E-state index is 0.111. The fourth-order valence-corrected chi connectivity index (χ4v) is 3.86. The van der Waals surface area contributed by atoms with Crippen LogP contribution in [0.3, 0.4) is 0 Å². The van der Waals surface area contributed by atoms with Crippen molar-refractivity contribution in [1.29, 1.82) is 0 Å². The molecule has 13 heteroatoms. The Morgan fingerprint density at radius 3 is 1.94 bits per heavy atom. The first-order valence-electron chi connectivity index (χ1n) is 11.0. The highest BCUT2D eigenvalue weighted by Crippen LogP contribution is 2.34. The number of rotatable bonds is 12. The SMILES string of the molecule is C#CCO[C@H](O[C@@H]1O[C@H](COC(C)=O)[C@@H](OC(C)=O)[C@H](OC(C)=O)[C@H]1OC(C)=O)[C@@](C)(Br)C(=O)CC. The van der Waals surface area contributed by atoms with Gasteiger partial charge in [0.1, 0.15) is 23.6 Å². The third-order valence-electron chi connectivity index (χ3n) is 4.83. The lowest BCUT2D eigenvalue weighted by Crippen LogP contribution is -2.64. The van der Waals surface area contributed by atoms with Gasteiger partial charge in [-0.1, -0.05) is 28.8 Å². The Morgan fingerprint density at radius 1 is 0.944 bits per heavy atom. The molecule has 1 aliphatic rings. The summed E-state index contributed by atoms with van der Waals surface area (Å²) in [5, 5.41) is 0. The van der Waals surface area contributed by atoms with Crippen molar-refractivity contribution in [2.75, 3.05) is 13.2 Å². The first-order valence-corrected chi connectivity index (χ1v) is 11.8. The molecular weight excluding hydrogens is 548 g/mol. The molecule has 0 N–H and O–H groups in total. The van der Waals surface area contributed by atoms with E-state index in [0.29, 0.717) is 0 Å². The van der Waals surface area contributed by atoms with E-state index in [1.165, 1.54) is 6.92 Å². The molecule has 0 amide bonds. The molecule has 36 heavy (non-hydrogen) atoms. The fourth-order valence-electron chi connectivity index (χ4n) is 3.34. The van der Waals surface area contributed by atoms with E-state index in [2.05, 4.69) is 21.9 Å². The Kier molecular flexibility index (Phi) is 12.5. The Morgan fingerprint density at radius 2 is 1.47 bits per heavy atom. The molecule has 1 fully saturated rings. The van der Waals surface area contributed by atoms with E-state index in [4.69, 9.17) is 39.6 Å². The summed E-state index contributed by atoms with van der Waals surface area (Å²) >= 11 is 3.31. The number of hydrogen-bond acceptors (Lipinski definition) is 12. The molecule has 12 nitrogen and oxygen atoms in total. The van der Waals surface area contributed by atoms with Crippen LogP contribution in [-0.4, -0.2) is 84.2 Å². The van der Waals surface area contributed by atoms with Gasteiger partial charge in [-0.15, -0.1) is 6.42 Å². The van der Waals surface area contributed by atoms with Crippen molar-refractivity contribution in [3.05, 3.63) is 0 Å². The summed E-state index contributed by atoms with van der Waals surface area (Å²) in [7, 11) is 0. The van der Waals surface area contributed by atoms with E-state index in [9.17, 15) is 24.0 Å². The number of alkyl halides is 1. The second-order valence-electron chi connectivity index (χ2n) is 7.90. The normalized spacial score (nSPS) is 25.9. The van der Waals surface area contributed by atoms with Gasteiger partial charge in [-0.05, 0) is 6.92 Å². The number of carbonyl (C=O) groups is 5. The van der Waals surface area contributed by atoms with Crippen molar-refractivity contribution in [1.82, 2.24) is 0 Å². The molecule has 0 aromatic carbocycles. The Hall–Kier alpha value is -2.53. The quantitative estimate of drug-likeness (QED) is 0.107. The van der Waals surface area contributed by atoms with Crippen molar-refractivity contribution < 1.29 is 57.1 Å².